The number of carbonyl (C=O) groups is 2. The van der Waals surface area contributed by atoms with E-state index in [1.165, 1.54) is 16.3 Å². The largest absolute Gasteiger partial charge is 0.481 e. The molecule has 0 bridgehead atoms. The van der Waals surface area contributed by atoms with Crippen LogP contribution < -0.4 is 4.90 Å². The predicted molar refractivity (Wildman–Crippen MR) is 191 cm³/mol. The van der Waals surface area contributed by atoms with Crippen LogP contribution in [-0.2, 0) is 20.4 Å². The van der Waals surface area contributed by atoms with Gasteiger partial charge in [0.1, 0.15) is 12.6 Å². The summed E-state index contributed by atoms with van der Waals surface area (Å²) < 4.78 is 2.36. The van der Waals surface area contributed by atoms with Crippen LogP contribution >= 0.6 is 0 Å². The van der Waals surface area contributed by atoms with E-state index in [4.69, 9.17) is 0 Å². The molecule has 0 amide bonds. The Morgan fingerprint density at radius 3 is 2.11 bits per heavy atom. The number of allylic oxidation sites excluding steroid dienone is 4. The maximum Gasteiger partial charge on any atom is 0.326 e. The van der Waals surface area contributed by atoms with E-state index in [1.54, 1.807) is 0 Å². The average Bonchev–Trinajstić information content (AvgIpc) is 3.40. The third-order valence-electron chi connectivity index (χ3n) is 10.1. The predicted octanol–water partition coefficient (Wildman–Crippen LogP) is 9.12. The molecule has 2 N–H and O–H groups in total. The fourth-order valence-corrected chi connectivity index (χ4v) is 7.99. The average molecular weight is 630 g/mol. The Morgan fingerprint density at radius 2 is 1.47 bits per heavy atom. The number of carboxylic acid groups (broad SMARTS) is 2. The van der Waals surface area contributed by atoms with Gasteiger partial charge in [-0.2, -0.15) is 4.58 Å². The van der Waals surface area contributed by atoms with E-state index < -0.39 is 23.4 Å². The number of anilines is 1. The normalized spacial score (nSPS) is 18.0. The summed E-state index contributed by atoms with van der Waals surface area (Å²) in [6.07, 6.45) is 9.22. The third kappa shape index (κ3) is 5.54. The van der Waals surface area contributed by atoms with Gasteiger partial charge in [-0.25, -0.2) is 4.79 Å². The van der Waals surface area contributed by atoms with Crippen molar-refractivity contribution in [2.75, 3.05) is 11.4 Å². The van der Waals surface area contributed by atoms with E-state index in [1.807, 2.05) is 13.0 Å². The van der Waals surface area contributed by atoms with Crippen molar-refractivity contribution in [3.63, 3.8) is 0 Å². The summed E-state index contributed by atoms with van der Waals surface area (Å²) in [7, 11) is 0. The minimum atomic E-state index is -0.820. The number of hydrogen-bond donors (Lipinski definition) is 2. The summed E-state index contributed by atoms with van der Waals surface area (Å²) in [5.41, 5.74) is 5.91. The molecular formula is C41H45N2O4+. The van der Waals surface area contributed by atoms with Crippen molar-refractivity contribution in [3.8, 4) is 0 Å². The Kier molecular flexibility index (Phi) is 8.56. The van der Waals surface area contributed by atoms with Gasteiger partial charge in [0.25, 0.3) is 0 Å². The molecule has 0 aliphatic carbocycles. The molecule has 1 unspecified atom stereocenters. The SMILES string of the molecule is CCCC(C(=O)O)N1/C(=C\C=C\C2=[N+](CCCCC(=O)O)c3ccc4ccccc4c3C2(C)C)C(C)(C)c2c1ccc1ccccc21. The molecule has 0 fully saturated rings. The summed E-state index contributed by atoms with van der Waals surface area (Å²) in [6, 6.07) is 24.7. The second-order valence-corrected chi connectivity index (χ2v) is 13.9. The van der Waals surface area contributed by atoms with Crippen LogP contribution in [0.2, 0.25) is 0 Å². The van der Waals surface area contributed by atoms with Crippen molar-refractivity contribution in [1.29, 1.82) is 0 Å². The fourth-order valence-electron chi connectivity index (χ4n) is 7.99. The minimum absolute atomic E-state index is 0.155. The Morgan fingerprint density at radius 1 is 0.830 bits per heavy atom. The van der Waals surface area contributed by atoms with Crippen LogP contribution in [0.3, 0.4) is 0 Å². The first-order valence-corrected chi connectivity index (χ1v) is 16.8. The van der Waals surface area contributed by atoms with Gasteiger partial charge in [0, 0.05) is 47.3 Å². The Balaban J connectivity index is 1.48. The van der Waals surface area contributed by atoms with E-state index >= 15 is 0 Å². The lowest BCUT2D eigenvalue weighted by Gasteiger charge is -2.31. The topological polar surface area (TPSA) is 80.8 Å². The van der Waals surface area contributed by atoms with Gasteiger partial charge in [-0.05, 0) is 72.0 Å². The molecule has 6 rings (SSSR count). The molecule has 4 aromatic carbocycles. The Hall–Kier alpha value is -4.71. The molecule has 242 valence electrons. The Bertz CT molecular complexity index is 1980. The maximum absolute atomic E-state index is 12.8. The first kappa shape index (κ1) is 32.2. The number of carboxylic acids is 2. The van der Waals surface area contributed by atoms with Crippen LogP contribution in [-0.4, -0.2) is 45.0 Å². The zero-order valence-electron chi connectivity index (χ0n) is 28.1. The molecule has 0 radical (unpaired) electrons. The van der Waals surface area contributed by atoms with Gasteiger partial charge in [0.15, 0.2) is 5.71 Å². The van der Waals surface area contributed by atoms with Crippen molar-refractivity contribution >= 4 is 50.6 Å². The molecule has 0 aromatic heterocycles. The van der Waals surface area contributed by atoms with Gasteiger partial charge in [-0.15, -0.1) is 0 Å². The van der Waals surface area contributed by atoms with Gasteiger partial charge in [-0.3, -0.25) is 4.79 Å². The van der Waals surface area contributed by atoms with Gasteiger partial charge < -0.3 is 15.1 Å². The summed E-state index contributed by atoms with van der Waals surface area (Å²) in [4.78, 5) is 26.1. The van der Waals surface area contributed by atoms with Gasteiger partial charge >= 0.3 is 11.9 Å². The zero-order valence-corrected chi connectivity index (χ0v) is 28.1. The lowest BCUT2D eigenvalue weighted by molar-refractivity contribution is -0.438. The molecule has 4 aromatic rings. The number of fused-ring (bicyclic) bond motifs is 6. The zero-order chi connectivity index (χ0) is 33.5. The van der Waals surface area contributed by atoms with Crippen LogP contribution in [0.4, 0.5) is 11.4 Å². The standard InChI is InChI=1S/C41H44N2O4/c1-6-14-33(39(46)47)43-32-25-23-28-16-8-10-18-30(28)38(32)41(4,5)35(43)20-13-19-34-40(2,3)37-29-17-9-7-15-27(29)22-24-31(37)42(34)26-12-11-21-36(44)45/h7-10,13,15-20,22-25,33H,6,11-12,14,21,26H2,1-5H3,(H-,44,45,46,47)/p+1. The summed E-state index contributed by atoms with van der Waals surface area (Å²) in [5.74, 6) is -1.59. The molecule has 2 aliphatic heterocycles. The van der Waals surface area contributed by atoms with Crippen molar-refractivity contribution in [1.82, 2.24) is 0 Å². The number of nitrogens with zero attached hydrogens (tertiary/aromatic N) is 2. The molecule has 6 nitrogen and oxygen atoms in total. The van der Waals surface area contributed by atoms with Crippen LogP contribution in [0.5, 0.6) is 0 Å². The van der Waals surface area contributed by atoms with E-state index in [0.717, 1.165) is 52.0 Å². The third-order valence-corrected chi connectivity index (χ3v) is 10.1. The minimum Gasteiger partial charge on any atom is -0.481 e. The van der Waals surface area contributed by atoms with Crippen molar-refractivity contribution in [3.05, 3.63) is 108 Å². The quantitative estimate of drug-likeness (QED) is 0.128. The molecule has 1 atom stereocenters. The monoisotopic (exact) mass is 629 g/mol. The van der Waals surface area contributed by atoms with E-state index in [-0.39, 0.29) is 11.8 Å². The molecule has 0 saturated carbocycles. The highest BCUT2D eigenvalue weighted by molar-refractivity contribution is 6.08. The number of hydrogen-bond acceptors (Lipinski definition) is 3. The van der Waals surface area contributed by atoms with Crippen LogP contribution in [0.25, 0.3) is 21.5 Å². The number of aliphatic carboxylic acids is 2. The van der Waals surface area contributed by atoms with E-state index in [0.29, 0.717) is 19.4 Å². The molecule has 0 spiro atoms. The highest BCUT2D eigenvalue weighted by Crippen LogP contribution is 2.52. The summed E-state index contributed by atoms with van der Waals surface area (Å²) in [6.45, 7) is 11.7. The number of benzene rings is 4. The van der Waals surface area contributed by atoms with E-state index in [9.17, 15) is 19.8 Å². The second kappa shape index (κ2) is 12.5. The molecular weight excluding hydrogens is 584 g/mol. The molecule has 0 saturated heterocycles. The molecule has 2 heterocycles. The van der Waals surface area contributed by atoms with Crippen LogP contribution in [0.1, 0.15) is 77.8 Å². The molecule has 2 aliphatic rings. The smallest absolute Gasteiger partial charge is 0.326 e. The maximum atomic E-state index is 12.8. The summed E-state index contributed by atoms with van der Waals surface area (Å²) in [5, 5.41) is 24.4. The van der Waals surface area contributed by atoms with E-state index in [2.05, 4.69) is 122 Å². The van der Waals surface area contributed by atoms with Crippen molar-refractivity contribution in [2.24, 2.45) is 0 Å². The highest BCUT2D eigenvalue weighted by atomic mass is 16.4. The van der Waals surface area contributed by atoms with Crippen molar-refractivity contribution in [2.45, 2.75) is 83.6 Å². The fraction of sp³-hybridized carbons (Fsp3) is 0.341. The number of rotatable bonds is 11. The second-order valence-electron chi connectivity index (χ2n) is 13.9. The van der Waals surface area contributed by atoms with Gasteiger partial charge in [0.05, 0.1) is 5.41 Å². The summed E-state index contributed by atoms with van der Waals surface area (Å²) >= 11 is 0. The van der Waals surface area contributed by atoms with Crippen molar-refractivity contribution < 1.29 is 24.4 Å². The first-order valence-electron chi connectivity index (χ1n) is 16.8. The van der Waals surface area contributed by atoms with Crippen LogP contribution in [0.15, 0.2) is 96.7 Å². The Labute approximate surface area is 277 Å². The lowest BCUT2D eigenvalue weighted by Crippen LogP contribution is -2.41. The lowest BCUT2D eigenvalue weighted by atomic mass is 9.79. The number of unbranched alkanes of at least 4 members (excludes halogenated alkanes) is 1. The van der Waals surface area contributed by atoms with Gasteiger partial charge in [0.2, 0.25) is 5.69 Å². The molecule has 47 heavy (non-hydrogen) atoms. The first-order chi connectivity index (χ1) is 22.5. The van der Waals surface area contributed by atoms with Crippen LogP contribution in [0, 0.1) is 0 Å². The van der Waals surface area contributed by atoms with Gasteiger partial charge in [-0.1, -0.05) is 87.9 Å². The highest BCUT2D eigenvalue weighted by Gasteiger charge is 2.47. The molecule has 6 heteroatoms.